The number of ether oxygens (including phenoxy) is 1. The van der Waals surface area contributed by atoms with Crippen LogP contribution < -0.4 is 15.5 Å². The number of cyclic esters (lactones) is 1. The molecule has 0 aliphatic carbocycles. The minimum Gasteiger partial charge on any atom is -0.442 e. The molecule has 3 aromatic rings. The second kappa shape index (κ2) is 11.0. The fourth-order valence-electron chi connectivity index (χ4n) is 3.82. The molecule has 4 rings (SSSR count). The fraction of sp³-hybridized carbons (Fsp3) is 0.333. The quantitative estimate of drug-likeness (QED) is 0.459. The van der Waals surface area contributed by atoms with Gasteiger partial charge in [0.05, 0.1) is 31.0 Å². The van der Waals surface area contributed by atoms with Crippen LogP contribution in [-0.2, 0) is 16.1 Å². The van der Waals surface area contributed by atoms with Crippen LogP contribution in [0.4, 0.5) is 19.3 Å². The molecule has 2 aromatic carbocycles. The van der Waals surface area contributed by atoms with E-state index >= 15 is 0 Å². The SMILES string of the molecule is CC(=O)NC[C@H]1CN(c2ccc(-c3ccc(CNCC(CF)n4ccnn4)cc3)c(F)c2)C(=O)O1. The minimum absolute atomic E-state index is 0.203. The molecule has 2 amide bonds. The second-order valence-corrected chi connectivity index (χ2v) is 8.24. The van der Waals surface area contributed by atoms with Crippen LogP contribution >= 0.6 is 0 Å². The molecule has 1 aliphatic heterocycles. The molecule has 2 atom stereocenters. The van der Waals surface area contributed by atoms with Crippen molar-refractivity contribution in [3.05, 3.63) is 66.2 Å². The standard InChI is InChI=1S/C24H26F2N6O3/c1-16(33)28-14-21-15-31(24(34)35-21)19-6-7-22(23(26)10-19)18-4-2-17(3-5-18)12-27-13-20(11-25)32-9-8-29-30-32/h2-10,20-21,27H,11-15H2,1H3,(H,28,33)/t20?,21-/m0/s1. The summed E-state index contributed by atoms with van der Waals surface area (Å²) >= 11 is 0. The monoisotopic (exact) mass is 484 g/mol. The molecular formula is C24H26F2N6O3. The van der Waals surface area contributed by atoms with Crippen molar-refractivity contribution in [3.63, 3.8) is 0 Å². The van der Waals surface area contributed by atoms with Crippen LogP contribution in [0.3, 0.4) is 0 Å². The Kier molecular flexibility index (Phi) is 7.66. The third kappa shape index (κ3) is 5.99. The first-order chi connectivity index (χ1) is 16.9. The zero-order chi connectivity index (χ0) is 24.8. The Hall–Kier alpha value is -3.86. The van der Waals surface area contributed by atoms with E-state index in [1.54, 1.807) is 18.3 Å². The first kappa shape index (κ1) is 24.3. The lowest BCUT2D eigenvalue weighted by Gasteiger charge is -2.15. The third-order valence-corrected chi connectivity index (χ3v) is 5.68. The summed E-state index contributed by atoms with van der Waals surface area (Å²) in [5, 5.41) is 13.3. The summed E-state index contributed by atoms with van der Waals surface area (Å²) in [5.74, 6) is -0.683. The highest BCUT2D eigenvalue weighted by Crippen LogP contribution is 2.29. The summed E-state index contributed by atoms with van der Waals surface area (Å²) in [4.78, 5) is 24.6. The molecule has 2 N–H and O–H groups in total. The predicted molar refractivity (Wildman–Crippen MR) is 125 cm³/mol. The highest BCUT2D eigenvalue weighted by atomic mass is 19.1. The first-order valence-electron chi connectivity index (χ1n) is 11.2. The van der Waals surface area contributed by atoms with Gasteiger partial charge in [-0.3, -0.25) is 9.69 Å². The van der Waals surface area contributed by atoms with E-state index in [1.807, 2.05) is 24.3 Å². The van der Waals surface area contributed by atoms with Crippen molar-refractivity contribution in [3.8, 4) is 11.1 Å². The number of carbonyl (C=O) groups is 2. The number of rotatable bonds is 10. The number of halogens is 2. The van der Waals surface area contributed by atoms with Gasteiger partial charge in [-0.1, -0.05) is 29.5 Å². The number of nitrogens with zero attached hydrogens (tertiary/aromatic N) is 4. The molecule has 0 bridgehead atoms. The molecule has 184 valence electrons. The van der Waals surface area contributed by atoms with Crippen molar-refractivity contribution in [1.29, 1.82) is 0 Å². The normalized spacial score (nSPS) is 16.3. The van der Waals surface area contributed by atoms with Crippen molar-refractivity contribution < 1.29 is 23.1 Å². The van der Waals surface area contributed by atoms with E-state index in [2.05, 4.69) is 20.9 Å². The number of amides is 2. The zero-order valence-corrected chi connectivity index (χ0v) is 19.2. The van der Waals surface area contributed by atoms with E-state index in [4.69, 9.17) is 4.74 Å². The summed E-state index contributed by atoms with van der Waals surface area (Å²) in [6, 6.07) is 11.5. The molecule has 2 heterocycles. The smallest absolute Gasteiger partial charge is 0.414 e. The number of alkyl halides is 1. The average molecular weight is 485 g/mol. The van der Waals surface area contributed by atoms with Gasteiger partial charge in [-0.05, 0) is 29.3 Å². The zero-order valence-electron chi connectivity index (χ0n) is 19.2. The van der Waals surface area contributed by atoms with Crippen LogP contribution in [0.25, 0.3) is 11.1 Å². The number of aromatic nitrogens is 3. The molecule has 1 fully saturated rings. The summed E-state index contributed by atoms with van der Waals surface area (Å²) in [6.07, 6.45) is 2.06. The van der Waals surface area contributed by atoms with Gasteiger partial charge in [0, 0.05) is 31.8 Å². The number of nitrogens with one attached hydrogen (secondary N) is 2. The summed E-state index contributed by atoms with van der Waals surface area (Å²) in [6.45, 7) is 2.16. The summed E-state index contributed by atoms with van der Waals surface area (Å²) < 4.78 is 34.9. The Morgan fingerprint density at radius 3 is 2.71 bits per heavy atom. The lowest BCUT2D eigenvalue weighted by atomic mass is 10.0. The first-order valence-corrected chi connectivity index (χ1v) is 11.2. The summed E-state index contributed by atoms with van der Waals surface area (Å²) in [7, 11) is 0. The van der Waals surface area contributed by atoms with E-state index in [0.29, 0.717) is 29.9 Å². The van der Waals surface area contributed by atoms with Crippen LogP contribution in [-0.4, -0.2) is 59.4 Å². The predicted octanol–water partition coefficient (Wildman–Crippen LogP) is 2.85. The molecule has 35 heavy (non-hydrogen) atoms. The Morgan fingerprint density at radius 1 is 1.26 bits per heavy atom. The van der Waals surface area contributed by atoms with Crippen molar-refractivity contribution in [2.45, 2.75) is 25.6 Å². The van der Waals surface area contributed by atoms with Gasteiger partial charge >= 0.3 is 6.09 Å². The maximum absolute atomic E-state index is 14.9. The fourth-order valence-corrected chi connectivity index (χ4v) is 3.82. The lowest BCUT2D eigenvalue weighted by Crippen LogP contribution is -2.33. The van der Waals surface area contributed by atoms with E-state index in [1.165, 1.54) is 28.8 Å². The molecule has 0 spiro atoms. The number of carbonyl (C=O) groups excluding carboxylic acids is 2. The van der Waals surface area contributed by atoms with Crippen molar-refractivity contribution in [2.24, 2.45) is 0 Å². The molecule has 1 unspecified atom stereocenters. The van der Waals surface area contributed by atoms with Crippen LogP contribution in [0.2, 0.25) is 0 Å². The molecule has 1 aliphatic rings. The van der Waals surface area contributed by atoms with Crippen molar-refractivity contribution in [1.82, 2.24) is 25.6 Å². The van der Waals surface area contributed by atoms with Gasteiger partial charge in [0.2, 0.25) is 5.91 Å². The van der Waals surface area contributed by atoms with Gasteiger partial charge in [0.1, 0.15) is 18.6 Å². The van der Waals surface area contributed by atoms with Gasteiger partial charge < -0.3 is 15.4 Å². The number of benzene rings is 2. The van der Waals surface area contributed by atoms with Gasteiger partial charge in [-0.15, -0.1) is 5.10 Å². The van der Waals surface area contributed by atoms with E-state index in [0.717, 1.165) is 5.56 Å². The Morgan fingerprint density at radius 2 is 2.06 bits per heavy atom. The van der Waals surface area contributed by atoms with Crippen LogP contribution in [0.15, 0.2) is 54.9 Å². The van der Waals surface area contributed by atoms with Crippen LogP contribution in [0, 0.1) is 5.82 Å². The second-order valence-electron chi connectivity index (χ2n) is 8.24. The van der Waals surface area contributed by atoms with Gasteiger partial charge in [0.25, 0.3) is 0 Å². The largest absolute Gasteiger partial charge is 0.442 e. The molecule has 0 saturated carbocycles. The van der Waals surface area contributed by atoms with Crippen molar-refractivity contribution >= 4 is 17.7 Å². The van der Waals surface area contributed by atoms with Crippen LogP contribution in [0.5, 0.6) is 0 Å². The van der Waals surface area contributed by atoms with E-state index in [9.17, 15) is 18.4 Å². The topological polar surface area (TPSA) is 101 Å². The Balaban J connectivity index is 1.35. The number of hydrogen-bond acceptors (Lipinski definition) is 6. The van der Waals surface area contributed by atoms with Crippen molar-refractivity contribution in [2.75, 3.05) is 31.2 Å². The Labute approximate surface area is 201 Å². The van der Waals surface area contributed by atoms with Gasteiger partial charge in [0.15, 0.2) is 0 Å². The number of anilines is 1. The molecular weight excluding hydrogens is 458 g/mol. The molecule has 0 radical (unpaired) electrons. The highest BCUT2D eigenvalue weighted by Gasteiger charge is 2.32. The molecule has 9 nitrogen and oxygen atoms in total. The lowest BCUT2D eigenvalue weighted by molar-refractivity contribution is -0.119. The van der Waals surface area contributed by atoms with Gasteiger partial charge in [-0.2, -0.15) is 0 Å². The third-order valence-electron chi connectivity index (χ3n) is 5.68. The highest BCUT2D eigenvalue weighted by molar-refractivity contribution is 5.90. The maximum Gasteiger partial charge on any atom is 0.414 e. The summed E-state index contributed by atoms with van der Waals surface area (Å²) in [5.41, 5.74) is 2.44. The molecule has 1 saturated heterocycles. The van der Waals surface area contributed by atoms with E-state index < -0.39 is 30.7 Å². The van der Waals surface area contributed by atoms with E-state index in [-0.39, 0.29) is 19.0 Å². The number of hydrogen-bond donors (Lipinski definition) is 2. The average Bonchev–Trinajstić information content (AvgIpc) is 3.51. The minimum atomic E-state index is -0.580. The maximum atomic E-state index is 14.9. The molecule has 1 aromatic heterocycles. The van der Waals surface area contributed by atoms with Crippen LogP contribution in [0.1, 0.15) is 18.5 Å². The van der Waals surface area contributed by atoms with Gasteiger partial charge in [-0.25, -0.2) is 18.3 Å². The molecule has 11 heteroatoms. The Bertz CT molecular complexity index is 1160.